The Morgan fingerprint density at radius 1 is 1.28 bits per heavy atom. The monoisotopic (exact) mass is 250 g/mol. The highest BCUT2D eigenvalue weighted by atomic mass is 19.1. The summed E-state index contributed by atoms with van der Waals surface area (Å²) in [6.07, 6.45) is 1.29. The van der Waals surface area contributed by atoms with E-state index >= 15 is 0 Å². The summed E-state index contributed by atoms with van der Waals surface area (Å²) < 4.78 is 26.1. The standard InChI is InChI=1S/C12H8F2N2O2/c13-8-2-1-7(9(14)6-8)5-11-15-4-3-10(16-11)12(17)18/h1-4,6H,5H2,(H,17,18). The summed E-state index contributed by atoms with van der Waals surface area (Å²) in [5.74, 6) is -2.39. The number of carboxylic acid groups (broad SMARTS) is 1. The van der Waals surface area contributed by atoms with E-state index < -0.39 is 17.6 Å². The van der Waals surface area contributed by atoms with E-state index in [0.29, 0.717) is 0 Å². The van der Waals surface area contributed by atoms with Gasteiger partial charge in [0.1, 0.15) is 17.5 Å². The average molecular weight is 250 g/mol. The van der Waals surface area contributed by atoms with Gasteiger partial charge in [-0.2, -0.15) is 0 Å². The van der Waals surface area contributed by atoms with E-state index in [9.17, 15) is 13.6 Å². The van der Waals surface area contributed by atoms with Crippen molar-refractivity contribution >= 4 is 5.97 Å². The van der Waals surface area contributed by atoms with E-state index in [1.807, 2.05) is 0 Å². The Hall–Kier alpha value is -2.37. The zero-order chi connectivity index (χ0) is 13.1. The fraction of sp³-hybridized carbons (Fsp3) is 0.0833. The molecule has 1 N–H and O–H groups in total. The van der Waals surface area contributed by atoms with Crippen LogP contribution in [0.2, 0.25) is 0 Å². The van der Waals surface area contributed by atoms with Gasteiger partial charge in [-0.05, 0) is 17.7 Å². The number of carboxylic acids is 1. The summed E-state index contributed by atoms with van der Waals surface area (Å²) in [5.41, 5.74) is 0.0430. The van der Waals surface area contributed by atoms with Gasteiger partial charge in [0, 0.05) is 18.7 Å². The highest BCUT2D eigenvalue weighted by molar-refractivity contribution is 5.85. The molecule has 0 aliphatic rings. The molecule has 1 heterocycles. The lowest BCUT2D eigenvalue weighted by Gasteiger charge is -2.03. The Morgan fingerprint density at radius 3 is 2.72 bits per heavy atom. The van der Waals surface area contributed by atoms with Crippen molar-refractivity contribution in [3.05, 3.63) is 59.2 Å². The van der Waals surface area contributed by atoms with Crippen LogP contribution in [0.4, 0.5) is 8.78 Å². The van der Waals surface area contributed by atoms with E-state index in [0.717, 1.165) is 12.1 Å². The van der Waals surface area contributed by atoms with Crippen molar-refractivity contribution in [1.82, 2.24) is 9.97 Å². The van der Waals surface area contributed by atoms with Crippen LogP contribution in [0, 0.1) is 11.6 Å². The third kappa shape index (κ3) is 2.65. The van der Waals surface area contributed by atoms with Gasteiger partial charge in [0.2, 0.25) is 0 Å². The van der Waals surface area contributed by atoms with Crippen LogP contribution in [0.15, 0.2) is 30.5 Å². The van der Waals surface area contributed by atoms with Crippen molar-refractivity contribution in [1.29, 1.82) is 0 Å². The van der Waals surface area contributed by atoms with E-state index in [1.54, 1.807) is 0 Å². The second-order valence-electron chi connectivity index (χ2n) is 3.58. The number of hydrogen-bond donors (Lipinski definition) is 1. The molecule has 1 aromatic carbocycles. The van der Waals surface area contributed by atoms with Gasteiger partial charge < -0.3 is 5.11 Å². The lowest BCUT2D eigenvalue weighted by Crippen LogP contribution is -2.06. The first kappa shape index (κ1) is 12.1. The quantitative estimate of drug-likeness (QED) is 0.905. The molecule has 0 radical (unpaired) electrons. The van der Waals surface area contributed by atoms with Gasteiger partial charge in [-0.15, -0.1) is 0 Å². The Bertz CT molecular complexity index is 602. The lowest BCUT2D eigenvalue weighted by molar-refractivity contribution is 0.0690. The third-order valence-corrected chi connectivity index (χ3v) is 2.29. The molecule has 0 aliphatic carbocycles. The fourth-order valence-corrected chi connectivity index (χ4v) is 1.44. The normalized spacial score (nSPS) is 10.3. The molecule has 0 atom stereocenters. The van der Waals surface area contributed by atoms with Crippen molar-refractivity contribution in [3.63, 3.8) is 0 Å². The lowest BCUT2D eigenvalue weighted by atomic mass is 10.1. The van der Waals surface area contributed by atoms with Gasteiger partial charge in [0.05, 0.1) is 0 Å². The molecule has 0 fully saturated rings. The van der Waals surface area contributed by atoms with Crippen molar-refractivity contribution in [2.24, 2.45) is 0 Å². The predicted octanol–water partition coefficient (Wildman–Crippen LogP) is 2.04. The van der Waals surface area contributed by atoms with Crippen LogP contribution in [0.5, 0.6) is 0 Å². The number of aromatic carboxylic acids is 1. The first-order valence-corrected chi connectivity index (χ1v) is 5.05. The molecule has 4 nitrogen and oxygen atoms in total. The number of aromatic nitrogens is 2. The Labute approximate surface area is 101 Å². The molecule has 0 amide bonds. The summed E-state index contributed by atoms with van der Waals surface area (Å²) in [7, 11) is 0. The first-order valence-electron chi connectivity index (χ1n) is 5.05. The molecule has 0 aliphatic heterocycles. The number of rotatable bonds is 3. The van der Waals surface area contributed by atoms with E-state index in [2.05, 4.69) is 9.97 Å². The fourth-order valence-electron chi connectivity index (χ4n) is 1.44. The third-order valence-electron chi connectivity index (χ3n) is 2.29. The van der Waals surface area contributed by atoms with Gasteiger partial charge in [-0.25, -0.2) is 23.5 Å². The minimum Gasteiger partial charge on any atom is -0.477 e. The molecular formula is C12H8F2N2O2. The van der Waals surface area contributed by atoms with Gasteiger partial charge in [0.15, 0.2) is 5.69 Å². The summed E-state index contributed by atoms with van der Waals surface area (Å²) in [4.78, 5) is 18.3. The molecule has 0 bridgehead atoms. The van der Waals surface area contributed by atoms with E-state index in [4.69, 9.17) is 5.11 Å². The van der Waals surface area contributed by atoms with Crippen molar-refractivity contribution in [2.45, 2.75) is 6.42 Å². The molecule has 18 heavy (non-hydrogen) atoms. The highest BCUT2D eigenvalue weighted by Crippen LogP contribution is 2.12. The number of benzene rings is 1. The molecule has 0 spiro atoms. The molecule has 0 saturated heterocycles. The molecule has 0 saturated carbocycles. The summed E-state index contributed by atoms with van der Waals surface area (Å²) in [5, 5.41) is 8.75. The van der Waals surface area contributed by atoms with Crippen LogP contribution in [0.3, 0.4) is 0 Å². The molecular weight excluding hydrogens is 242 g/mol. The SMILES string of the molecule is O=C(O)c1ccnc(Cc2ccc(F)cc2F)n1. The van der Waals surface area contributed by atoms with Gasteiger partial charge in [-0.3, -0.25) is 0 Å². The average Bonchev–Trinajstić information content (AvgIpc) is 2.33. The van der Waals surface area contributed by atoms with Crippen LogP contribution < -0.4 is 0 Å². The number of nitrogens with zero attached hydrogens (tertiary/aromatic N) is 2. The van der Waals surface area contributed by atoms with Gasteiger partial charge in [0.25, 0.3) is 0 Å². The Morgan fingerprint density at radius 2 is 2.06 bits per heavy atom. The number of halogens is 2. The zero-order valence-corrected chi connectivity index (χ0v) is 9.10. The van der Waals surface area contributed by atoms with Crippen LogP contribution in [-0.2, 0) is 6.42 Å². The van der Waals surface area contributed by atoms with Crippen LogP contribution in [0.25, 0.3) is 0 Å². The summed E-state index contributed by atoms with van der Waals surface area (Å²) in [6.45, 7) is 0. The second-order valence-corrected chi connectivity index (χ2v) is 3.58. The van der Waals surface area contributed by atoms with Gasteiger partial charge in [-0.1, -0.05) is 6.07 Å². The van der Waals surface area contributed by atoms with Crippen molar-refractivity contribution in [2.75, 3.05) is 0 Å². The maximum Gasteiger partial charge on any atom is 0.354 e. The zero-order valence-electron chi connectivity index (χ0n) is 9.10. The maximum atomic E-state index is 13.4. The smallest absolute Gasteiger partial charge is 0.354 e. The largest absolute Gasteiger partial charge is 0.477 e. The second kappa shape index (κ2) is 4.87. The van der Waals surface area contributed by atoms with Crippen molar-refractivity contribution < 1.29 is 18.7 Å². The topological polar surface area (TPSA) is 63.1 Å². The Kier molecular flexibility index (Phi) is 3.27. The maximum absolute atomic E-state index is 13.4. The molecule has 0 unspecified atom stereocenters. The summed E-state index contributed by atoms with van der Waals surface area (Å²) in [6, 6.07) is 4.41. The molecule has 1 aromatic heterocycles. The van der Waals surface area contributed by atoms with E-state index in [-0.39, 0.29) is 23.5 Å². The number of carbonyl (C=O) groups is 1. The molecule has 6 heteroatoms. The minimum absolute atomic E-state index is 0.00718. The molecule has 2 aromatic rings. The minimum atomic E-state index is -1.18. The van der Waals surface area contributed by atoms with Crippen molar-refractivity contribution in [3.8, 4) is 0 Å². The van der Waals surface area contributed by atoms with Crippen LogP contribution in [0.1, 0.15) is 21.9 Å². The predicted molar refractivity (Wildman–Crippen MR) is 58.2 cm³/mol. The van der Waals surface area contributed by atoms with Gasteiger partial charge >= 0.3 is 5.97 Å². The highest BCUT2D eigenvalue weighted by Gasteiger charge is 2.09. The summed E-state index contributed by atoms with van der Waals surface area (Å²) >= 11 is 0. The molecule has 2 rings (SSSR count). The van der Waals surface area contributed by atoms with E-state index in [1.165, 1.54) is 18.3 Å². The molecule has 92 valence electrons. The Balaban J connectivity index is 2.28. The van der Waals surface area contributed by atoms with Crippen LogP contribution in [-0.4, -0.2) is 21.0 Å². The van der Waals surface area contributed by atoms with Crippen LogP contribution >= 0.6 is 0 Å². The number of hydrogen-bond acceptors (Lipinski definition) is 3. The first-order chi connectivity index (χ1) is 8.56.